The van der Waals surface area contributed by atoms with E-state index in [1.807, 2.05) is 55.3 Å². The molecule has 3 heterocycles. The van der Waals surface area contributed by atoms with Gasteiger partial charge in [0.2, 0.25) is 0 Å². The summed E-state index contributed by atoms with van der Waals surface area (Å²) >= 11 is 0. The lowest BCUT2D eigenvalue weighted by Gasteiger charge is -2.34. The van der Waals surface area contributed by atoms with Crippen LogP contribution >= 0.6 is 0 Å². The molecule has 1 aliphatic heterocycles. The first kappa shape index (κ1) is 17.8. The second-order valence-corrected chi connectivity index (χ2v) is 8.17. The van der Waals surface area contributed by atoms with Crippen molar-refractivity contribution >= 4 is 16.8 Å². The van der Waals surface area contributed by atoms with Gasteiger partial charge in [0.25, 0.3) is 5.91 Å². The summed E-state index contributed by atoms with van der Waals surface area (Å²) in [5.74, 6) is 0.466. The van der Waals surface area contributed by atoms with Crippen molar-refractivity contribution in [2.24, 2.45) is 5.92 Å². The molecule has 2 aromatic heterocycles. The first-order valence-electron chi connectivity index (χ1n) is 9.54. The summed E-state index contributed by atoms with van der Waals surface area (Å²) in [6.45, 7) is 5.14. The number of amides is 1. The minimum absolute atomic E-state index is 0.00435. The Balaban J connectivity index is 1.45. The van der Waals surface area contributed by atoms with Crippen LogP contribution in [-0.4, -0.2) is 49.8 Å². The fourth-order valence-corrected chi connectivity index (χ4v) is 4.07. The minimum Gasteiger partial charge on any atom is -0.390 e. The molecule has 1 aliphatic rings. The predicted octanol–water partition coefficient (Wildman–Crippen LogP) is 3.57. The number of carbonyl (C=O) groups excluding carboxylic acids is 1. The summed E-state index contributed by atoms with van der Waals surface area (Å²) in [6, 6.07) is 9.89. The van der Waals surface area contributed by atoms with Crippen molar-refractivity contribution in [3.8, 4) is 11.3 Å². The lowest BCUT2D eigenvalue weighted by Crippen LogP contribution is -2.40. The molecule has 0 unspecified atom stereocenters. The maximum absolute atomic E-state index is 12.8. The molecule has 4 rings (SSSR count). The van der Waals surface area contributed by atoms with Crippen LogP contribution in [0, 0.1) is 5.92 Å². The first-order valence-corrected chi connectivity index (χ1v) is 9.54. The zero-order valence-corrected chi connectivity index (χ0v) is 15.8. The maximum Gasteiger partial charge on any atom is 0.271 e. The van der Waals surface area contributed by atoms with Gasteiger partial charge in [-0.15, -0.1) is 0 Å². The van der Waals surface area contributed by atoms with Crippen molar-refractivity contribution in [2.45, 2.75) is 38.7 Å². The van der Waals surface area contributed by atoms with Gasteiger partial charge >= 0.3 is 0 Å². The fraction of sp³-hybridized carbons (Fsp3) is 0.429. The molecule has 142 valence electrons. The van der Waals surface area contributed by atoms with E-state index in [2.05, 4.69) is 15.2 Å². The fourth-order valence-electron chi connectivity index (χ4n) is 4.07. The third kappa shape index (κ3) is 3.76. The van der Waals surface area contributed by atoms with E-state index in [9.17, 15) is 9.90 Å². The number of nitrogens with zero attached hydrogens (tertiary/aromatic N) is 2. The first-order chi connectivity index (χ1) is 12.9. The van der Waals surface area contributed by atoms with E-state index < -0.39 is 5.60 Å². The smallest absolute Gasteiger partial charge is 0.271 e. The molecule has 6 heteroatoms. The van der Waals surface area contributed by atoms with Crippen LogP contribution in [0.1, 0.15) is 43.6 Å². The highest BCUT2D eigenvalue weighted by Crippen LogP contribution is 2.29. The zero-order valence-electron chi connectivity index (χ0n) is 15.8. The molecule has 6 nitrogen and oxygen atoms in total. The van der Waals surface area contributed by atoms with Crippen LogP contribution in [0.5, 0.6) is 0 Å². The number of likely N-dealkylation sites (tertiary alicyclic amines) is 1. The van der Waals surface area contributed by atoms with Gasteiger partial charge in [-0.05, 0) is 51.2 Å². The molecule has 0 atom stereocenters. The third-order valence-electron chi connectivity index (χ3n) is 5.36. The predicted molar refractivity (Wildman–Crippen MR) is 105 cm³/mol. The number of rotatable bonds is 4. The molecule has 1 fully saturated rings. The van der Waals surface area contributed by atoms with Crippen molar-refractivity contribution in [1.82, 2.24) is 20.1 Å². The number of para-hydroxylation sites is 1. The number of H-pyrrole nitrogens is 2. The molecule has 3 aromatic rings. The Morgan fingerprint density at radius 2 is 2.04 bits per heavy atom. The van der Waals surface area contributed by atoms with E-state index in [-0.39, 0.29) is 5.91 Å². The number of nitrogens with one attached hydrogen (secondary N) is 2. The number of hydrogen-bond donors (Lipinski definition) is 3. The molecule has 0 spiro atoms. The molecule has 1 amide bonds. The van der Waals surface area contributed by atoms with E-state index in [1.54, 1.807) is 0 Å². The van der Waals surface area contributed by atoms with Crippen molar-refractivity contribution in [1.29, 1.82) is 0 Å². The normalized spacial score (nSPS) is 16.2. The largest absolute Gasteiger partial charge is 0.390 e. The number of aliphatic hydroxyl groups is 1. The lowest BCUT2D eigenvalue weighted by atomic mass is 9.86. The van der Waals surface area contributed by atoms with Gasteiger partial charge in [0.15, 0.2) is 0 Å². The number of aromatic nitrogens is 3. The third-order valence-corrected chi connectivity index (χ3v) is 5.36. The lowest BCUT2D eigenvalue weighted by molar-refractivity contribution is 0.0357. The van der Waals surface area contributed by atoms with Gasteiger partial charge in [-0.25, -0.2) is 0 Å². The molecule has 1 saturated heterocycles. The Morgan fingerprint density at radius 3 is 2.78 bits per heavy atom. The Kier molecular flexibility index (Phi) is 4.52. The van der Waals surface area contributed by atoms with Crippen molar-refractivity contribution in [2.75, 3.05) is 13.1 Å². The Labute approximate surface area is 158 Å². The molecule has 0 bridgehead atoms. The van der Waals surface area contributed by atoms with E-state index in [0.29, 0.717) is 11.6 Å². The number of hydrogen-bond acceptors (Lipinski definition) is 3. The summed E-state index contributed by atoms with van der Waals surface area (Å²) in [7, 11) is 0. The van der Waals surface area contributed by atoms with Gasteiger partial charge in [0.05, 0.1) is 11.3 Å². The maximum atomic E-state index is 12.8. The van der Waals surface area contributed by atoms with Crippen LogP contribution in [0.4, 0.5) is 0 Å². The quantitative estimate of drug-likeness (QED) is 0.660. The molecular formula is C21H26N4O2. The molecule has 0 saturated carbocycles. The van der Waals surface area contributed by atoms with Gasteiger partial charge < -0.3 is 15.0 Å². The second-order valence-electron chi connectivity index (χ2n) is 8.17. The highest BCUT2D eigenvalue weighted by molar-refractivity contribution is 5.97. The molecule has 0 radical (unpaired) electrons. The summed E-state index contributed by atoms with van der Waals surface area (Å²) in [5, 5.41) is 18.4. The average molecular weight is 366 g/mol. The van der Waals surface area contributed by atoms with Gasteiger partial charge in [-0.3, -0.25) is 9.89 Å². The molecule has 1 aromatic carbocycles. The summed E-state index contributed by atoms with van der Waals surface area (Å²) in [4.78, 5) is 18.0. The van der Waals surface area contributed by atoms with Crippen LogP contribution in [0.15, 0.2) is 36.5 Å². The van der Waals surface area contributed by atoms with Crippen LogP contribution in [0.2, 0.25) is 0 Å². The van der Waals surface area contributed by atoms with Crippen LogP contribution < -0.4 is 0 Å². The topological polar surface area (TPSA) is 85.0 Å². The summed E-state index contributed by atoms with van der Waals surface area (Å²) in [5.41, 5.74) is 2.69. The van der Waals surface area contributed by atoms with Gasteiger partial charge in [-0.2, -0.15) is 5.10 Å². The van der Waals surface area contributed by atoms with Gasteiger partial charge in [0, 0.05) is 35.8 Å². The van der Waals surface area contributed by atoms with Gasteiger partial charge in [0.1, 0.15) is 5.69 Å². The van der Waals surface area contributed by atoms with Crippen molar-refractivity contribution < 1.29 is 9.90 Å². The van der Waals surface area contributed by atoms with Crippen LogP contribution in [0.3, 0.4) is 0 Å². The average Bonchev–Trinajstić information content (AvgIpc) is 3.27. The number of aromatic amines is 2. The van der Waals surface area contributed by atoms with E-state index in [0.717, 1.165) is 54.5 Å². The number of carbonyl (C=O) groups is 1. The summed E-state index contributed by atoms with van der Waals surface area (Å²) < 4.78 is 0. The Bertz CT molecular complexity index is 942. The number of piperidine rings is 1. The molecule has 3 N–H and O–H groups in total. The Hall–Kier alpha value is -2.60. The zero-order chi connectivity index (χ0) is 19.0. The number of fused-ring (bicyclic) bond motifs is 1. The highest BCUT2D eigenvalue weighted by atomic mass is 16.3. The van der Waals surface area contributed by atoms with Crippen LogP contribution in [-0.2, 0) is 0 Å². The number of benzene rings is 1. The van der Waals surface area contributed by atoms with E-state index in [4.69, 9.17) is 0 Å². The standard InChI is InChI=1S/C21H26N4O2/c1-21(2,27)12-14-7-9-25(10-8-14)20(26)19-11-18(23-24-19)16-13-22-17-6-4-3-5-15(16)17/h3-6,11,13-14,22,27H,7-10,12H2,1-2H3,(H,23,24). The van der Waals surface area contributed by atoms with E-state index in [1.165, 1.54) is 0 Å². The van der Waals surface area contributed by atoms with Gasteiger partial charge in [-0.1, -0.05) is 18.2 Å². The molecule has 27 heavy (non-hydrogen) atoms. The van der Waals surface area contributed by atoms with E-state index >= 15 is 0 Å². The minimum atomic E-state index is -0.644. The highest BCUT2D eigenvalue weighted by Gasteiger charge is 2.28. The molecular weight excluding hydrogens is 340 g/mol. The van der Waals surface area contributed by atoms with Crippen molar-refractivity contribution in [3.05, 3.63) is 42.2 Å². The molecule has 0 aliphatic carbocycles. The second kappa shape index (κ2) is 6.85. The monoisotopic (exact) mass is 366 g/mol. The van der Waals surface area contributed by atoms with Crippen molar-refractivity contribution in [3.63, 3.8) is 0 Å². The van der Waals surface area contributed by atoms with Crippen LogP contribution in [0.25, 0.3) is 22.2 Å². The SMILES string of the molecule is CC(C)(O)CC1CCN(C(=O)c2cc(-c3c[nH]c4ccccc34)n[nH]2)CC1. The summed E-state index contributed by atoms with van der Waals surface area (Å²) in [6.07, 6.45) is 4.57. The Morgan fingerprint density at radius 1 is 1.30 bits per heavy atom.